The van der Waals surface area contributed by atoms with E-state index in [4.69, 9.17) is 4.74 Å². The van der Waals surface area contributed by atoms with Crippen LogP contribution >= 0.6 is 22.6 Å². The number of aliphatic hydroxyl groups excluding tert-OH is 1. The second-order valence-corrected chi connectivity index (χ2v) is 12.7. The molecule has 3 heterocycles. The molecule has 48 heavy (non-hydrogen) atoms. The number of β-amino-alcohol motifs (C(OH)–C–C–N with tert-alkyl or cyclic N) is 1. The van der Waals surface area contributed by atoms with Crippen LogP contribution in [0, 0.1) is 22.1 Å². The lowest BCUT2D eigenvalue weighted by Crippen LogP contribution is -2.42. The van der Waals surface area contributed by atoms with Crippen molar-refractivity contribution in [3.8, 4) is 11.4 Å². The molecule has 0 aliphatic carbocycles. The maximum Gasteiger partial charge on any atom is 0.336 e. The van der Waals surface area contributed by atoms with Gasteiger partial charge in [-0.1, -0.05) is 18.2 Å². The Labute approximate surface area is 285 Å². The first-order valence-electron chi connectivity index (χ1n) is 14.9. The third-order valence-corrected chi connectivity index (χ3v) is 9.15. The number of carbonyl (C=O) groups excluding carboxylic acids is 1. The van der Waals surface area contributed by atoms with Gasteiger partial charge in [0.1, 0.15) is 22.8 Å². The van der Waals surface area contributed by atoms with Gasteiger partial charge in [0.15, 0.2) is 5.82 Å². The predicted molar refractivity (Wildman–Crippen MR) is 185 cm³/mol. The van der Waals surface area contributed by atoms with E-state index in [0.717, 1.165) is 13.7 Å². The Hall–Kier alpha value is -4.83. The van der Waals surface area contributed by atoms with E-state index in [1.807, 2.05) is 22.6 Å². The summed E-state index contributed by atoms with van der Waals surface area (Å²) >= 11 is 1.95. The number of aryl methyl sites for hydroxylation is 1. The fourth-order valence-electron chi connectivity index (χ4n) is 5.94. The van der Waals surface area contributed by atoms with Crippen LogP contribution in [0.4, 0.5) is 20.3 Å². The lowest BCUT2D eigenvalue weighted by Gasteiger charge is -2.22. The quantitative estimate of drug-likeness (QED) is 0.239. The van der Waals surface area contributed by atoms with Crippen molar-refractivity contribution in [3.05, 3.63) is 124 Å². The van der Waals surface area contributed by atoms with E-state index < -0.39 is 40.5 Å². The van der Waals surface area contributed by atoms with Crippen LogP contribution in [0.5, 0.6) is 5.75 Å². The van der Waals surface area contributed by atoms with Crippen molar-refractivity contribution in [2.75, 3.05) is 25.5 Å². The van der Waals surface area contributed by atoms with Gasteiger partial charge in [0, 0.05) is 29.3 Å². The van der Waals surface area contributed by atoms with Gasteiger partial charge in [0.25, 0.3) is 17.0 Å². The number of nitrogens with one attached hydrogen (secondary N) is 1. The minimum Gasteiger partial charge on any atom is -0.497 e. The Bertz CT molecular complexity index is 2280. The van der Waals surface area contributed by atoms with Gasteiger partial charge in [-0.15, -0.1) is 0 Å². The second-order valence-electron chi connectivity index (χ2n) is 11.5. The molecule has 0 radical (unpaired) electrons. The monoisotopic (exact) mass is 769 g/mol. The Morgan fingerprint density at radius 3 is 2.44 bits per heavy atom. The van der Waals surface area contributed by atoms with Crippen molar-refractivity contribution in [1.29, 1.82) is 0 Å². The van der Waals surface area contributed by atoms with Crippen LogP contribution in [0.15, 0.2) is 75.0 Å². The van der Waals surface area contributed by atoms with Gasteiger partial charge >= 0.3 is 5.69 Å². The van der Waals surface area contributed by atoms with Crippen molar-refractivity contribution in [3.63, 3.8) is 0 Å². The lowest BCUT2D eigenvalue weighted by atomic mass is 10.1. The molecule has 1 aliphatic rings. The minimum atomic E-state index is -1.06. The van der Waals surface area contributed by atoms with Gasteiger partial charge in [-0.25, -0.2) is 13.6 Å². The van der Waals surface area contributed by atoms with Crippen LogP contribution in [0.1, 0.15) is 27.9 Å². The number of benzene rings is 3. The molecule has 1 atom stereocenters. The molecule has 0 bridgehead atoms. The number of pyridine rings is 1. The Kier molecular flexibility index (Phi) is 8.96. The first-order valence-corrected chi connectivity index (χ1v) is 16.0. The highest BCUT2D eigenvalue weighted by molar-refractivity contribution is 14.1. The number of fused-ring (bicyclic) bond motifs is 1. The number of methoxy groups -OCH3 is 1. The van der Waals surface area contributed by atoms with Gasteiger partial charge in [-0.3, -0.25) is 28.1 Å². The molecule has 0 spiro atoms. The molecule has 11 nitrogen and oxygen atoms in total. The summed E-state index contributed by atoms with van der Waals surface area (Å²) < 4.78 is 40.4. The zero-order chi connectivity index (χ0) is 34.4. The molecule has 2 N–H and O–H groups in total. The average molecular weight is 770 g/mol. The standard InChI is InChI=1S/C34H30F2IN5O6/c1-18-29-27(30(39(2)31(18)44)38-25-12-9-20(37)15-24(25)35)33(46)41(16-19-7-10-22(48-3)11-8-19)34(47)42(29)26-6-4-5-23(28(26)36)32(45)40-14-13-21(43)17-40/h4-12,15,21,38,43H,13-14,16-17H2,1-3H3. The second kappa shape index (κ2) is 13.0. The van der Waals surface area contributed by atoms with Gasteiger partial charge in [0.05, 0.1) is 42.2 Å². The highest BCUT2D eigenvalue weighted by atomic mass is 127. The van der Waals surface area contributed by atoms with Crippen molar-refractivity contribution >= 4 is 50.9 Å². The van der Waals surface area contributed by atoms with Crippen molar-refractivity contribution in [1.82, 2.24) is 18.6 Å². The number of ether oxygens (including phenoxy) is 1. The third-order valence-electron chi connectivity index (χ3n) is 8.48. The van der Waals surface area contributed by atoms with E-state index in [1.54, 1.807) is 30.3 Å². The Morgan fingerprint density at radius 2 is 1.79 bits per heavy atom. The molecule has 1 saturated heterocycles. The normalized spacial score (nSPS) is 14.5. The molecule has 5 aromatic rings. The maximum absolute atomic E-state index is 16.5. The summed E-state index contributed by atoms with van der Waals surface area (Å²) in [6, 6.07) is 14.9. The van der Waals surface area contributed by atoms with E-state index in [-0.39, 0.29) is 58.9 Å². The molecule has 1 fully saturated rings. The molecule has 248 valence electrons. The van der Waals surface area contributed by atoms with Gasteiger partial charge < -0.3 is 20.1 Å². The lowest BCUT2D eigenvalue weighted by molar-refractivity contribution is 0.0760. The smallest absolute Gasteiger partial charge is 0.336 e. The van der Waals surface area contributed by atoms with Crippen LogP contribution in [0.2, 0.25) is 0 Å². The minimum absolute atomic E-state index is 0.0252. The number of nitrogens with zero attached hydrogens (tertiary/aromatic N) is 4. The number of halogens is 3. The zero-order valence-corrected chi connectivity index (χ0v) is 28.2. The van der Waals surface area contributed by atoms with Crippen molar-refractivity contribution in [2.45, 2.75) is 26.0 Å². The number of hydrogen-bond acceptors (Lipinski definition) is 7. The molecular formula is C34H30F2IN5O6. The summed E-state index contributed by atoms with van der Waals surface area (Å²) in [7, 11) is 2.90. The number of anilines is 2. The van der Waals surface area contributed by atoms with E-state index in [2.05, 4.69) is 5.32 Å². The maximum atomic E-state index is 16.5. The number of hydrogen-bond donors (Lipinski definition) is 2. The summed E-state index contributed by atoms with van der Waals surface area (Å²) in [6.07, 6.45) is -0.400. The topological polar surface area (TPSA) is 128 Å². The molecule has 1 unspecified atom stereocenters. The summed E-state index contributed by atoms with van der Waals surface area (Å²) in [5, 5.41) is 12.7. The summed E-state index contributed by atoms with van der Waals surface area (Å²) in [6.45, 7) is 1.40. The molecule has 1 aliphatic heterocycles. The van der Waals surface area contributed by atoms with Crippen LogP contribution < -0.4 is 26.9 Å². The number of aromatic nitrogens is 3. The number of aliphatic hydroxyl groups is 1. The van der Waals surface area contributed by atoms with Gasteiger partial charge in [0.2, 0.25) is 0 Å². The van der Waals surface area contributed by atoms with E-state index in [9.17, 15) is 24.3 Å². The van der Waals surface area contributed by atoms with Crippen LogP contribution in [-0.4, -0.2) is 55.9 Å². The molecule has 14 heteroatoms. The molecule has 0 saturated carbocycles. The van der Waals surface area contributed by atoms with Crippen LogP contribution in [0.3, 0.4) is 0 Å². The van der Waals surface area contributed by atoms with Crippen molar-refractivity contribution < 1.29 is 23.4 Å². The first-order chi connectivity index (χ1) is 22.9. The fraction of sp³-hybridized carbons (Fsp3) is 0.235. The first kappa shape index (κ1) is 33.1. The van der Waals surface area contributed by atoms with Gasteiger partial charge in [-0.05, 0) is 84.0 Å². The van der Waals surface area contributed by atoms with Crippen LogP contribution in [-0.2, 0) is 13.6 Å². The summed E-state index contributed by atoms with van der Waals surface area (Å²) in [5.41, 5.74) is -2.89. The number of amides is 1. The number of likely N-dealkylation sites (tertiary alicyclic amines) is 1. The van der Waals surface area contributed by atoms with Crippen LogP contribution in [0.25, 0.3) is 16.6 Å². The molecule has 1 amide bonds. The molecular weight excluding hydrogens is 739 g/mol. The van der Waals surface area contributed by atoms with Gasteiger partial charge in [-0.2, -0.15) is 0 Å². The SMILES string of the molecule is COc1ccc(Cn2c(=O)c3c(Nc4ccc(I)cc4F)n(C)c(=O)c(C)c3n(-c3cccc(C(=O)N4CCC(O)C4)c3F)c2=O)cc1. The van der Waals surface area contributed by atoms with Crippen molar-refractivity contribution in [2.24, 2.45) is 7.05 Å². The predicted octanol–water partition coefficient (Wildman–Crippen LogP) is 4.05. The largest absolute Gasteiger partial charge is 0.497 e. The molecule has 3 aromatic carbocycles. The van der Waals surface area contributed by atoms with E-state index in [0.29, 0.717) is 21.3 Å². The highest BCUT2D eigenvalue weighted by Gasteiger charge is 2.30. The third kappa shape index (κ3) is 5.78. The number of carbonyl (C=O) groups is 1. The zero-order valence-electron chi connectivity index (χ0n) is 26.1. The molecule has 6 rings (SSSR count). The average Bonchev–Trinajstić information content (AvgIpc) is 3.51. The molecule has 2 aromatic heterocycles. The van der Waals surface area contributed by atoms with E-state index >= 15 is 8.78 Å². The number of rotatable bonds is 7. The summed E-state index contributed by atoms with van der Waals surface area (Å²) in [4.78, 5) is 57.1. The Morgan fingerprint density at radius 1 is 1.06 bits per heavy atom. The fourth-order valence-corrected chi connectivity index (χ4v) is 6.39. The van der Waals surface area contributed by atoms with E-state index in [1.165, 1.54) is 56.3 Å². The highest BCUT2D eigenvalue weighted by Crippen LogP contribution is 2.29. The summed E-state index contributed by atoms with van der Waals surface area (Å²) in [5.74, 6) is -1.96. The Balaban J connectivity index is 1.68.